The molecule has 232 valence electrons. The van der Waals surface area contributed by atoms with Gasteiger partial charge in [0.15, 0.2) is 17.5 Å². The lowest BCUT2D eigenvalue weighted by Gasteiger charge is -2.10. The van der Waals surface area contributed by atoms with E-state index < -0.39 is 0 Å². The first-order valence-corrected chi connectivity index (χ1v) is 16.9. The second-order valence-electron chi connectivity index (χ2n) is 12.9. The van der Waals surface area contributed by atoms with Crippen LogP contribution in [0.15, 0.2) is 164 Å². The van der Waals surface area contributed by atoms with Crippen LogP contribution in [-0.4, -0.2) is 23.8 Å². The van der Waals surface area contributed by atoms with Gasteiger partial charge in [0, 0.05) is 49.0 Å². The lowest BCUT2D eigenvalue weighted by molar-refractivity contribution is 1.07. The van der Waals surface area contributed by atoms with Crippen molar-refractivity contribution >= 4 is 65.4 Å². The molecule has 0 aliphatic heterocycles. The number of aromatic nitrogens is 5. The Morgan fingerprint density at radius 1 is 0.280 bits per heavy atom. The first kappa shape index (κ1) is 27.1. The first-order valence-electron chi connectivity index (χ1n) is 16.9. The Morgan fingerprint density at radius 3 is 1.30 bits per heavy atom. The van der Waals surface area contributed by atoms with Crippen LogP contribution >= 0.6 is 0 Å². The Kier molecular flexibility index (Phi) is 5.60. The summed E-state index contributed by atoms with van der Waals surface area (Å²) in [6, 6.07) is 57.9. The third-order valence-corrected chi connectivity index (χ3v) is 10.1. The molecule has 11 aromatic rings. The fraction of sp³-hybridized carbons (Fsp3) is 0. The van der Waals surface area contributed by atoms with Crippen molar-refractivity contribution in [1.82, 2.24) is 23.8 Å². The van der Waals surface area contributed by atoms with Crippen LogP contribution in [0.5, 0.6) is 0 Å². The van der Waals surface area contributed by atoms with E-state index in [-0.39, 0.29) is 0 Å². The molecular formula is C45H27N5. The fourth-order valence-electron chi connectivity index (χ4n) is 7.94. The van der Waals surface area contributed by atoms with Crippen LogP contribution in [0.2, 0.25) is 0 Å². The molecule has 50 heavy (non-hydrogen) atoms. The molecule has 0 aliphatic carbocycles. The highest BCUT2D eigenvalue weighted by atomic mass is 15.0. The van der Waals surface area contributed by atoms with Crippen LogP contribution in [0.3, 0.4) is 0 Å². The third-order valence-electron chi connectivity index (χ3n) is 10.1. The van der Waals surface area contributed by atoms with Gasteiger partial charge in [0.2, 0.25) is 0 Å². The number of hydrogen-bond donors (Lipinski definition) is 0. The molecule has 5 heteroatoms. The zero-order valence-corrected chi connectivity index (χ0v) is 26.8. The second kappa shape index (κ2) is 10.3. The monoisotopic (exact) mass is 637 g/mol. The fourth-order valence-corrected chi connectivity index (χ4v) is 7.94. The van der Waals surface area contributed by atoms with Crippen molar-refractivity contribution in [1.29, 1.82) is 0 Å². The molecule has 0 amide bonds. The molecule has 0 atom stereocenters. The Hall–Kier alpha value is -6.85. The number of fused-ring (bicyclic) bond motifs is 10. The highest BCUT2D eigenvalue weighted by molar-refractivity contribution is 6.23. The normalized spacial score (nSPS) is 12.0. The van der Waals surface area contributed by atoms with E-state index in [0.717, 1.165) is 38.6 Å². The van der Waals surface area contributed by atoms with Crippen molar-refractivity contribution in [3.05, 3.63) is 164 Å². The van der Waals surface area contributed by atoms with E-state index in [1.807, 2.05) is 60.7 Å². The van der Waals surface area contributed by atoms with Gasteiger partial charge in [-0.25, -0.2) is 15.0 Å². The van der Waals surface area contributed by atoms with Crippen LogP contribution in [0.25, 0.3) is 99.6 Å². The summed E-state index contributed by atoms with van der Waals surface area (Å²) < 4.78 is 4.92. The molecule has 0 fully saturated rings. The maximum Gasteiger partial charge on any atom is 0.164 e. The smallest absolute Gasteiger partial charge is 0.164 e. The van der Waals surface area contributed by atoms with Gasteiger partial charge in [0.25, 0.3) is 0 Å². The lowest BCUT2D eigenvalue weighted by atomic mass is 10.1. The van der Waals surface area contributed by atoms with Crippen LogP contribution in [0, 0.1) is 0 Å². The van der Waals surface area contributed by atoms with Crippen molar-refractivity contribution in [2.45, 2.75) is 0 Å². The molecular weight excluding hydrogens is 611 g/mol. The minimum atomic E-state index is 0.645. The largest absolute Gasteiger partial charge is 0.307 e. The molecule has 4 heterocycles. The number of rotatable bonds is 3. The highest BCUT2D eigenvalue weighted by Crippen LogP contribution is 2.41. The zero-order valence-electron chi connectivity index (χ0n) is 26.8. The highest BCUT2D eigenvalue weighted by Gasteiger charge is 2.20. The van der Waals surface area contributed by atoms with Crippen molar-refractivity contribution < 1.29 is 0 Å². The molecule has 7 aromatic carbocycles. The van der Waals surface area contributed by atoms with Crippen LogP contribution in [0.1, 0.15) is 0 Å². The number of nitrogens with zero attached hydrogens (tertiary/aromatic N) is 5. The van der Waals surface area contributed by atoms with E-state index in [1.165, 1.54) is 43.5 Å². The SMILES string of the molecule is c1ccc(-c2nc(-c3ccccc3)nc(-c3ccc4c(c3)c3cccc5c3n4c3ccccc3c3cccc4c6ccccc6n5c43)n2)cc1. The summed E-state index contributed by atoms with van der Waals surface area (Å²) in [5.74, 6) is 1.95. The molecule has 5 nitrogen and oxygen atoms in total. The Morgan fingerprint density at radius 2 is 0.700 bits per heavy atom. The Balaban J connectivity index is 1.29. The summed E-state index contributed by atoms with van der Waals surface area (Å²) in [5.41, 5.74) is 9.92. The Labute approximate surface area is 286 Å². The summed E-state index contributed by atoms with van der Waals surface area (Å²) in [4.78, 5) is 15.0. The topological polar surface area (TPSA) is 47.5 Å². The predicted molar refractivity (Wildman–Crippen MR) is 206 cm³/mol. The van der Waals surface area contributed by atoms with Gasteiger partial charge in [-0.15, -0.1) is 0 Å². The predicted octanol–water partition coefficient (Wildman–Crippen LogP) is 11.1. The average molecular weight is 638 g/mol. The van der Waals surface area contributed by atoms with Gasteiger partial charge in [-0.3, -0.25) is 0 Å². The van der Waals surface area contributed by atoms with Crippen molar-refractivity contribution in [2.24, 2.45) is 0 Å². The minimum Gasteiger partial charge on any atom is -0.307 e. The molecule has 4 aromatic heterocycles. The van der Waals surface area contributed by atoms with Crippen molar-refractivity contribution in [2.75, 3.05) is 0 Å². The first-order chi connectivity index (χ1) is 24.8. The minimum absolute atomic E-state index is 0.645. The molecule has 0 bridgehead atoms. The second-order valence-corrected chi connectivity index (χ2v) is 12.9. The standard InChI is InChI=1S/C45H27N5/c1-3-13-28(14-4-1)43-46-44(29-15-5-2-6-16-29)48-45(47-43)30-25-26-39-36(27-30)35-21-12-24-40-42(35)49(39)37-22-9-7-17-31(37)33-19-11-20-34-32-18-8-10-23-38(32)50(40)41(33)34/h1-27H. The molecule has 0 saturated carbocycles. The third kappa shape index (κ3) is 3.80. The molecule has 0 N–H and O–H groups in total. The summed E-state index contributed by atoms with van der Waals surface area (Å²) in [6.45, 7) is 0. The summed E-state index contributed by atoms with van der Waals surface area (Å²) >= 11 is 0. The molecule has 0 aliphatic rings. The summed E-state index contributed by atoms with van der Waals surface area (Å²) in [6.07, 6.45) is 0. The van der Waals surface area contributed by atoms with Crippen LogP contribution in [0.4, 0.5) is 0 Å². The van der Waals surface area contributed by atoms with E-state index in [9.17, 15) is 0 Å². The van der Waals surface area contributed by atoms with E-state index in [4.69, 9.17) is 15.0 Å². The maximum absolute atomic E-state index is 5.06. The van der Waals surface area contributed by atoms with Gasteiger partial charge in [-0.1, -0.05) is 127 Å². The quantitative estimate of drug-likeness (QED) is 0.194. The van der Waals surface area contributed by atoms with Gasteiger partial charge in [-0.05, 0) is 36.4 Å². The van der Waals surface area contributed by atoms with Gasteiger partial charge in [-0.2, -0.15) is 0 Å². The van der Waals surface area contributed by atoms with E-state index in [2.05, 4.69) is 112 Å². The van der Waals surface area contributed by atoms with Gasteiger partial charge < -0.3 is 8.80 Å². The van der Waals surface area contributed by atoms with Crippen LogP contribution in [-0.2, 0) is 0 Å². The Bertz CT molecular complexity index is 3080. The molecule has 0 spiro atoms. The van der Waals surface area contributed by atoms with Crippen LogP contribution < -0.4 is 0 Å². The van der Waals surface area contributed by atoms with E-state index in [0.29, 0.717) is 17.5 Å². The molecule has 0 saturated heterocycles. The van der Waals surface area contributed by atoms with Crippen molar-refractivity contribution in [3.8, 4) is 34.2 Å². The molecule has 0 radical (unpaired) electrons. The summed E-state index contributed by atoms with van der Waals surface area (Å²) in [5, 5.41) is 7.27. The average Bonchev–Trinajstić information content (AvgIpc) is 3.71. The number of hydrogen-bond acceptors (Lipinski definition) is 3. The zero-order chi connectivity index (χ0) is 32.8. The number of benzene rings is 7. The van der Waals surface area contributed by atoms with E-state index in [1.54, 1.807) is 0 Å². The van der Waals surface area contributed by atoms with Gasteiger partial charge in [0.05, 0.1) is 33.1 Å². The molecule has 11 rings (SSSR count). The number of para-hydroxylation sites is 4. The van der Waals surface area contributed by atoms with Crippen molar-refractivity contribution in [3.63, 3.8) is 0 Å². The van der Waals surface area contributed by atoms with Gasteiger partial charge in [0.1, 0.15) is 0 Å². The lowest BCUT2D eigenvalue weighted by Crippen LogP contribution is -2.00. The van der Waals surface area contributed by atoms with E-state index >= 15 is 0 Å². The van der Waals surface area contributed by atoms with Gasteiger partial charge >= 0.3 is 0 Å². The molecule has 0 unspecified atom stereocenters. The summed E-state index contributed by atoms with van der Waals surface area (Å²) in [7, 11) is 0. The maximum atomic E-state index is 5.06.